The molecule has 2 aromatic rings. The summed E-state index contributed by atoms with van der Waals surface area (Å²) in [4.78, 5) is 4.15. The Labute approximate surface area is 93.5 Å². The van der Waals surface area contributed by atoms with Gasteiger partial charge in [-0.3, -0.25) is 4.68 Å². The average molecular weight is 218 g/mol. The minimum atomic E-state index is 0.716. The van der Waals surface area contributed by atoms with Crippen molar-refractivity contribution in [3.63, 3.8) is 0 Å². The Bertz CT molecular complexity index is 425. The number of nitrogens with one attached hydrogen (secondary N) is 1. The van der Waals surface area contributed by atoms with Crippen LogP contribution in [-0.2, 0) is 6.54 Å². The molecule has 0 aromatic carbocycles. The normalized spacial score (nSPS) is 10.2. The number of aryl methyl sites for hydroxylation is 1. The van der Waals surface area contributed by atoms with E-state index in [1.54, 1.807) is 23.1 Å². The van der Waals surface area contributed by atoms with E-state index in [9.17, 15) is 0 Å². The second-order valence-electron chi connectivity index (χ2n) is 3.42. The lowest BCUT2D eigenvalue weighted by atomic mass is 10.4. The van der Waals surface area contributed by atoms with Gasteiger partial charge in [0.1, 0.15) is 5.82 Å². The van der Waals surface area contributed by atoms with Crippen LogP contribution in [0.3, 0.4) is 0 Å². The molecule has 6 nitrogen and oxygen atoms in total. The number of pyridine rings is 1. The van der Waals surface area contributed by atoms with Gasteiger partial charge in [0.25, 0.3) is 0 Å². The molecule has 0 aliphatic heterocycles. The van der Waals surface area contributed by atoms with Crippen molar-refractivity contribution in [2.45, 2.75) is 13.0 Å². The van der Waals surface area contributed by atoms with Gasteiger partial charge >= 0.3 is 0 Å². The van der Waals surface area contributed by atoms with E-state index in [2.05, 4.69) is 20.6 Å². The monoisotopic (exact) mass is 218 g/mol. The number of rotatable bonds is 5. The Hall–Kier alpha value is -2.11. The molecule has 2 rings (SSSR count). The van der Waals surface area contributed by atoms with Gasteiger partial charge in [-0.05, 0) is 12.5 Å². The quantitative estimate of drug-likeness (QED) is 0.724. The molecule has 0 unspecified atom stereocenters. The minimum Gasteiger partial charge on any atom is -0.399 e. The van der Waals surface area contributed by atoms with Crippen molar-refractivity contribution >= 4 is 11.5 Å². The van der Waals surface area contributed by atoms with Crippen LogP contribution in [0, 0.1) is 0 Å². The highest BCUT2D eigenvalue weighted by Gasteiger charge is 1.95. The zero-order chi connectivity index (χ0) is 11.2. The van der Waals surface area contributed by atoms with Crippen molar-refractivity contribution in [3.8, 4) is 0 Å². The maximum absolute atomic E-state index is 5.64. The first-order valence-electron chi connectivity index (χ1n) is 5.14. The third-order valence-electron chi connectivity index (χ3n) is 2.13. The first-order chi connectivity index (χ1) is 7.84. The third-order valence-corrected chi connectivity index (χ3v) is 2.13. The number of anilines is 2. The maximum Gasteiger partial charge on any atom is 0.127 e. The summed E-state index contributed by atoms with van der Waals surface area (Å²) in [6.07, 6.45) is 6.17. The van der Waals surface area contributed by atoms with Crippen LogP contribution in [0.5, 0.6) is 0 Å². The van der Waals surface area contributed by atoms with E-state index in [1.807, 2.05) is 12.3 Å². The molecule has 2 aromatic heterocycles. The Balaban J connectivity index is 1.72. The fourth-order valence-corrected chi connectivity index (χ4v) is 1.35. The second kappa shape index (κ2) is 5.11. The van der Waals surface area contributed by atoms with Gasteiger partial charge in [0.2, 0.25) is 0 Å². The average Bonchev–Trinajstić information content (AvgIpc) is 2.77. The first kappa shape index (κ1) is 10.4. The molecule has 0 saturated heterocycles. The summed E-state index contributed by atoms with van der Waals surface area (Å²) >= 11 is 0. The van der Waals surface area contributed by atoms with Crippen molar-refractivity contribution in [2.75, 3.05) is 17.6 Å². The van der Waals surface area contributed by atoms with Gasteiger partial charge in [-0.2, -0.15) is 0 Å². The van der Waals surface area contributed by atoms with E-state index in [-0.39, 0.29) is 0 Å². The molecule has 0 spiro atoms. The minimum absolute atomic E-state index is 0.716. The lowest BCUT2D eigenvalue weighted by molar-refractivity contribution is 0.569. The standard InChI is InChI=1S/C10H14N6/c11-9-2-4-13-10(8-9)12-3-1-6-16-7-5-14-15-16/h2,4-5,7-8H,1,3,6H2,(H3,11,12,13). The summed E-state index contributed by atoms with van der Waals surface area (Å²) in [5.41, 5.74) is 6.35. The Morgan fingerprint density at radius 2 is 2.31 bits per heavy atom. The molecular formula is C10H14N6. The molecule has 3 N–H and O–H groups in total. The van der Waals surface area contributed by atoms with Gasteiger partial charge in [0.05, 0.1) is 6.20 Å². The maximum atomic E-state index is 5.64. The first-order valence-corrected chi connectivity index (χ1v) is 5.14. The van der Waals surface area contributed by atoms with E-state index in [4.69, 9.17) is 5.73 Å². The summed E-state index contributed by atoms with van der Waals surface area (Å²) < 4.78 is 1.80. The van der Waals surface area contributed by atoms with Crippen LogP contribution >= 0.6 is 0 Å². The van der Waals surface area contributed by atoms with Crippen molar-refractivity contribution in [3.05, 3.63) is 30.7 Å². The molecule has 0 aliphatic carbocycles. The predicted molar refractivity (Wildman–Crippen MR) is 61.8 cm³/mol. The SMILES string of the molecule is Nc1ccnc(NCCCn2ccnn2)c1. The van der Waals surface area contributed by atoms with Crippen LogP contribution in [0.15, 0.2) is 30.7 Å². The van der Waals surface area contributed by atoms with Crippen molar-refractivity contribution in [2.24, 2.45) is 0 Å². The lowest BCUT2D eigenvalue weighted by Gasteiger charge is -2.05. The number of hydrogen-bond acceptors (Lipinski definition) is 5. The van der Waals surface area contributed by atoms with E-state index < -0.39 is 0 Å². The number of nitrogens with zero attached hydrogens (tertiary/aromatic N) is 4. The highest BCUT2D eigenvalue weighted by molar-refractivity contribution is 5.48. The molecule has 6 heteroatoms. The summed E-state index contributed by atoms with van der Waals surface area (Å²) in [5, 5.41) is 10.8. The Morgan fingerprint density at radius 1 is 1.38 bits per heavy atom. The Kier molecular flexibility index (Phi) is 3.32. The zero-order valence-electron chi connectivity index (χ0n) is 8.87. The molecule has 84 valence electrons. The number of aromatic nitrogens is 4. The fraction of sp³-hybridized carbons (Fsp3) is 0.300. The van der Waals surface area contributed by atoms with E-state index >= 15 is 0 Å². The van der Waals surface area contributed by atoms with Crippen molar-refractivity contribution in [1.29, 1.82) is 0 Å². The molecule has 0 amide bonds. The fourth-order valence-electron chi connectivity index (χ4n) is 1.35. The van der Waals surface area contributed by atoms with Gasteiger partial charge in [0.15, 0.2) is 0 Å². The van der Waals surface area contributed by atoms with Crippen LogP contribution in [0.2, 0.25) is 0 Å². The van der Waals surface area contributed by atoms with Gasteiger partial charge in [-0.1, -0.05) is 5.21 Å². The molecule has 0 atom stereocenters. The third kappa shape index (κ3) is 2.94. The van der Waals surface area contributed by atoms with Crippen LogP contribution < -0.4 is 11.1 Å². The number of nitrogen functional groups attached to an aromatic ring is 1. The molecule has 0 radical (unpaired) electrons. The van der Waals surface area contributed by atoms with E-state index in [1.165, 1.54) is 0 Å². The van der Waals surface area contributed by atoms with E-state index in [0.29, 0.717) is 5.69 Å². The lowest BCUT2D eigenvalue weighted by Crippen LogP contribution is -2.08. The van der Waals surface area contributed by atoms with Crippen LogP contribution in [0.25, 0.3) is 0 Å². The molecule has 0 fully saturated rings. The van der Waals surface area contributed by atoms with Gasteiger partial charge in [-0.15, -0.1) is 5.10 Å². The summed E-state index contributed by atoms with van der Waals surface area (Å²) in [6, 6.07) is 3.58. The molecular weight excluding hydrogens is 204 g/mol. The van der Waals surface area contributed by atoms with Gasteiger partial charge in [-0.25, -0.2) is 4.98 Å². The highest BCUT2D eigenvalue weighted by atomic mass is 15.4. The summed E-state index contributed by atoms with van der Waals surface area (Å²) in [7, 11) is 0. The summed E-state index contributed by atoms with van der Waals surface area (Å²) in [6.45, 7) is 1.67. The zero-order valence-corrected chi connectivity index (χ0v) is 8.87. The van der Waals surface area contributed by atoms with Crippen LogP contribution in [0.1, 0.15) is 6.42 Å². The molecule has 0 aliphatic rings. The highest BCUT2D eigenvalue weighted by Crippen LogP contribution is 2.07. The Morgan fingerprint density at radius 3 is 3.06 bits per heavy atom. The summed E-state index contributed by atoms with van der Waals surface area (Å²) in [5.74, 6) is 0.804. The van der Waals surface area contributed by atoms with Crippen LogP contribution in [0.4, 0.5) is 11.5 Å². The van der Waals surface area contributed by atoms with Crippen molar-refractivity contribution < 1.29 is 0 Å². The largest absolute Gasteiger partial charge is 0.399 e. The molecule has 0 saturated carbocycles. The molecule has 2 heterocycles. The number of hydrogen-bond donors (Lipinski definition) is 2. The van der Waals surface area contributed by atoms with Crippen molar-refractivity contribution in [1.82, 2.24) is 20.0 Å². The van der Waals surface area contributed by atoms with Gasteiger partial charge in [0, 0.05) is 37.2 Å². The predicted octanol–water partition coefficient (Wildman–Crippen LogP) is 0.757. The molecule has 0 bridgehead atoms. The smallest absolute Gasteiger partial charge is 0.127 e. The number of nitrogens with two attached hydrogens (primary N) is 1. The molecule has 16 heavy (non-hydrogen) atoms. The topological polar surface area (TPSA) is 81.6 Å². The van der Waals surface area contributed by atoms with E-state index in [0.717, 1.165) is 25.3 Å². The van der Waals surface area contributed by atoms with Crippen LogP contribution in [-0.4, -0.2) is 26.5 Å². The second-order valence-corrected chi connectivity index (χ2v) is 3.42. The van der Waals surface area contributed by atoms with Gasteiger partial charge < -0.3 is 11.1 Å².